The normalized spacial score (nSPS) is 15.9. The smallest absolute Gasteiger partial charge is 0.255 e. The number of carbonyl (C=O) groups excluding carboxylic acids is 1. The number of ether oxygens (including phenoxy) is 1. The SMILES string of the molecule is O=C1NCCOc2ccc(C(Br)c3ccoc3)cc21. The number of alkyl halides is 1. The zero-order valence-electron chi connectivity index (χ0n) is 10.1. The van der Waals surface area contributed by atoms with Crippen molar-refractivity contribution in [3.05, 3.63) is 53.5 Å². The Labute approximate surface area is 118 Å². The van der Waals surface area contributed by atoms with E-state index in [2.05, 4.69) is 21.2 Å². The van der Waals surface area contributed by atoms with Crippen LogP contribution in [0.25, 0.3) is 0 Å². The van der Waals surface area contributed by atoms with Crippen LogP contribution in [0.5, 0.6) is 5.75 Å². The van der Waals surface area contributed by atoms with E-state index in [4.69, 9.17) is 9.15 Å². The highest BCUT2D eigenvalue weighted by atomic mass is 79.9. The molecule has 1 N–H and O–H groups in total. The molecule has 2 heterocycles. The topological polar surface area (TPSA) is 51.5 Å². The van der Waals surface area contributed by atoms with Gasteiger partial charge in [-0.25, -0.2) is 0 Å². The summed E-state index contributed by atoms with van der Waals surface area (Å²) in [5.74, 6) is 0.534. The second-order valence-electron chi connectivity index (χ2n) is 4.28. The van der Waals surface area contributed by atoms with Gasteiger partial charge in [-0.15, -0.1) is 0 Å². The van der Waals surface area contributed by atoms with E-state index >= 15 is 0 Å². The van der Waals surface area contributed by atoms with Gasteiger partial charge < -0.3 is 14.5 Å². The Kier molecular flexibility index (Phi) is 3.29. The summed E-state index contributed by atoms with van der Waals surface area (Å²) in [7, 11) is 0. The average Bonchev–Trinajstić information content (AvgIpc) is 2.90. The number of hydrogen-bond donors (Lipinski definition) is 1. The molecule has 1 aliphatic rings. The van der Waals surface area contributed by atoms with E-state index in [1.165, 1.54) is 0 Å². The fourth-order valence-corrected chi connectivity index (χ4v) is 2.59. The highest BCUT2D eigenvalue weighted by molar-refractivity contribution is 9.09. The van der Waals surface area contributed by atoms with Gasteiger partial charge in [-0.3, -0.25) is 4.79 Å². The largest absolute Gasteiger partial charge is 0.491 e. The van der Waals surface area contributed by atoms with Gasteiger partial charge in [0, 0.05) is 5.56 Å². The third kappa shape index (κ3) is 2.38. The second kappa shape index (κ2) is 5.09. The first-order valence-corrected chi connectivity index (χ1v) is 6.88. The molecule has 3 rings (SSSR count). The van der Waals surface area contributed by atoms with Crippen LogP contribution in [-0.2, 0) is 0 Å². The summed E-state index contributed by atoms with van der Waals surface area (Å²) in [6.07, 6.45) is 3.31. The maximum atomic E-state index is 11.9. The summed E-state index contributed by atoms with van der Waals surface area (Å²) in [4.78, 5) is 11.9. The van der Waals surface area contributed by atoms with Crippen molar-refractivity contribution < 1.29 is 13.9 Å². The molecule has 1 aliphatic heterocycles. The van der Waals surface area contributed by atoms with Gasteiger partial charge in [0.1, 0.15) is 12.4 Å². The predicted molar refractivity (Wildman–Crippen MR) is 73.7 cm³/mol. The molecule has 0 spiro atoms. The van der Waals surface area contributed by atoms with Gasteiger partial charge in [0.2, 0.25) is 0 Å². The van der Waals surface area contributed by atoms with Crippen LogP contribution in [0.15, 0.2) is 41.2 Å². The summed E-state index contributed by atoms with van der Waals surface area (Å²) < 4.78 is 10.6. The van der Waals surface area contributed by atoms with Gasteiger partial charge in [-0.1, -0.05) is 22.0 Å². The Morgan fingerprint density at radius 3 is 2.95 bits per heavy atom. The molecule has 0 saturated carbocycles. The van der Waals surface area contributed by atoms with E-state index in [1.807, 2.05) is 24.3 Å². The van der Waals surface area contributed by atoms with Crippen LogP contribution >= 0.6 is 15.9 Å². The molecule has 0 fully saturated rings. The molecule has 98 valence electrons. The molecule has 19 heavy (non-hydrogen) atoms. The fraction of sp³-hybridized carbons (Fsp3) is 0.214. The van der Waals surface area contributed by atoms with Gasteiger partial charge in [0.25, 0.3) is 5.91 Å². The molecule has 1 aromatic carbocycles. The lowest BCUT2D eigenvalue weighted by Crippen LogP contribution is -2.24. The molecule has 1 atom stereocenters. The molecule has 0 aliphatic carbocycles. The summed E-state index contributed by atoms with van der Waals surface area (Å²) >= 11 is 3.61. The molecule has 1 aromatic heterocycles. The lowest BCUT2D eigenvalue weighted by molar-refractivity contribution is 0.0957. The van der Waals surface area contributed by atoms with Crippen LogP contribution in [0.4, 0.5) is 0 Å². The average molecular weight is 322 g/mol. The van der Waals surface area contributed by atoms with Gasteiger partial charge in [-0.05, 0) is 23.8 Å². The minimum atomic E-state index is -0.0961. The first-order valence-electron chi connectivity index (χ1n) is 5.97. The number of hydrogen-bond acceptors (Lipinski definition) is 3. The molecule has 0 saturated heterocycles. The van der Waals surface area contributed by atoms with Gasteiger partial charge in [0.15, 0.2) is 0 Å². The Balaban J connectivity index is 1.98. The van der Waals surface area contributed by atoms with Crippen molar-refractivity contribution in [1.29, 1.82) is 0 Å². The molecule has 0 radical (unpaired) electrons. The van der Waals surface area contributed by atoms with Crippen molar-refractivity contribution in [2.75, 3.05) is 13.2 Å². The molecular weight excluding hydrogens is 310 g/mol. The van der Waals surface area contributed by atoms with Crippen LogP contribution in [0.3, 0.4) is 0 Å². The monoisotopic (exact) mass is 321 g/mol. The van der Waals surface area contributed by atoms with E-state index in [0.717, 1.165) is 11.1 Å². The van der Waals surface area contributed by atoms with Crippen molar-refractivity contribution in [3.63, 3.8) is 0 Å². The second-order valence-corrected chi connectivity index (χ2v) is 5.19. The number of carbonyl (C=O) groups is 1. The van der Waals surface area contributed by atoms with Crippen molar-refractivity contribution in [2.45, 2.75) is 4.83 Å². The molecule has 1 unspecified atom stereocenters. The van der Waals surface area contributed by atoms with Gasteiger partial charge in [0.05, 0.1) is 29.5 Å². The minimum absolute atomic E-state index is 0.00685. The van der Waals surface area contributed by atoms with Crippen LogP contribution in [0, 0.1) is 0 Å². The lowest BCUT2D eigenvalue weighted by Gasteiger charge is -2.11. The highest BCUT2D eigenvalue weighted by Gasteiger charge is 2.19. The summed E-state index contributed by atoms with van der Waals surface area (Å²) in [5.41, 5.74) is 2.57. The maximum absolute atomic E-state index is 11.9. The number of fused-ring (bicyclic) bond motifs is 1. The van der Waals surface area contributed by atoms with Gasteiger partial charge >= 0.3 is 0 Å². The Morgan fingerprint density at radius 1 is 1.26 bits per heavy atom. The first-order chi connectivity index (χ1) is 9.25. The van der Waals surface area contributed by atoms with E-state index < -0.39 is 0 Å². The molecule has 5 heteroatoms. The number of rotatable bonds is 2. The minimum Gasteiger partial charge on any atom is -0.491 e. The van der Waals surface area contributed by atoms with E-state index in [1.54, 1.807) is 12.5 Å². The number of furan rings is 1. The van der Waals surface area contributed by atoms with Crippen LogP contribution in [0.2, 0.25) is 0 Å². The van der Waals surface area contributed by atoms with Crippen molar-refractivity contribution in [3.8, 4) is 5.75 Å². The van der Waals surface area contributed by atoms with Crippen LogP contribution in [-0.4, -0.2) is 19.1 Å². The Hall–Kier alpha value is -1.75. The number of halogens is 1. The summed E-state index contributed by atoms with van der Waals surface area (Å²) in [5, 5.41) is 2.80. The standard InChI is InChI=1S/C14H12BrNO3/c15-13(10-3-5-18-8-10)9-1-2-12-11(7-9)14(17)16-4-6-19-12/h1-3,5,7-8,13H,4,6H2,(H,16,17). The molecule has 2 aromatic rings. The van der Waals surface area contributed by atoms with Crippen molar-refractivity contribution >= 4 is 21.8 Å². The van der Waals surface area contributed by atoms with Crippen molar-refractivity contribution in [1.82, 2.24) is 5.32 Å². The fourth-order valence-electron chi connectivity index (χ4n) is 2.04. The van der Waals surface area contributed by atoms with Gasteiger partial charge in [-0.2, -0.15) is 0 Å². The Morgan fingerprint density at radius 2 is 2.16 bits per heavy atom. The van der Waals surface area contributed by atoms with E-state index in [-0.39, 0.29) is 10.7 Å². The molecule has 4 nitrogen and oxygen atoms in total. The zero-order chi connectivity index (χ0) is 13.2. The highest BCUT2D eigenvalue weighted by Crippen LogP contribution is 2.33. The zero-order valence-corrected chi connectivity index (χ0v) is 11.6. The Bertz CT molecular complexity index is 595. The number of nitrogens with one attached hydrogen (secondary N) is 1. The third-order valence-corrected chi connectivity index (χ3v) is 4.08. The lowest BCUT2D eigenvalue weighted by atomic mass is 10.0. The number of benzene rings is 1. The number of amides is 1. The molecule has 1 amide bonds. The van der Waals surface area contributed by atoms with E-state index in [9.17, 15) is 4.79 Å². The summed E-state index contributed by atoms with van der Waals surface area (Å²) in [6, 6.07) is 7.53. The summed E-state index contributed by atoms with van der Waals surface area (Å²) in [6.45, 7) is 1.03. The van der Waals surface area contributed by atoms with Crippen LogP contribution < -0.4 is 10.1 Å². The predicted octanol–water partition coefficient (Wildman–Crippen LogP) is 2.89. The quantitative estimate of drug-likeness (QED) is 0.865. The first kappa shape index (κ1) is 12.3. The van der Waals surface area contributed by atoms with Crippen LogP contribution in [0.1, 0.15) is 26.3 Å². The molecule has 0 bridgehead atoms. The third-order valence-electron chi connectivity index (χ3n) is 3.02. The molecular formula is C14H12BrNO3. The van der Waals surface area contributed by atoms with E-state index in [0.29, 0.717) is 24.5 Å². The maximum Gasteiger partial charge on any atom is 0.255 e. The van der Waals surface area contributed by atoms with Crippen molar-refractivity contribution in [2.24, 2.45) is 0 Å².